The number of hydrogen-bond acceptors (Lipinski definition) is 6. The van der Waals surface area contributed by atoms with E-state index in [1.54, 1.807) is 6.92 Å². The normalized spacial score (nSPS) is 13.4. The van der Waals surface area contributed by atoms with Crippen molar-refractivity contribution in [3.63, 3.8) is 0 Å². The average molecular weight is 273 g/mol. The van der Waals surface area contributed by atoms with Crippen LogP contribution in [0.3, 0.4) is 0 Å². The van der Waals surface area contributed by atoms with E-state index in [9.17, 15) is 13.2 Å². The van der Waals surface area contributed by atoms with Crippen LogP contribution in [-0.4, -0.2) is 27.8 Å². The predicted octanol–water partition coefficient (Wildman–Crippen LogP) is 0.239. The van der Waals surface area contributed by atoms with E-state index in [0.717, 1.165) is 6.07 Å². The molecule has 18 heavy (non-hydrogen) atoms. The maximum atomic E-state index is 11.6. The van der Waals surface area contributed by atoms with Gasteiger partial charge in [-0.25, -0.2) is 18.4 Å². The number of primary sulfonamides is 1. The number of rotatable bonds is 3. The van der Waals surface area contributed by atoms with Gasteiger partial charge < -0.3 is 14.2 Å². The molecule has 0 saturated carbocycles. The molecule has 1 aliphatic heterocycles. The van der Waals surface area contributed by atoms with Crippen molar-refractivity contribution in [2.45, 2.75) is 11.8 Å². The molecule has 1 aliphatic rings. The molecule has 2 rings (SSSR count). The van der Waals surface area contributed by atoms with Crippen LogP contribution in [-0.2, 0) is 14.8 Å². The van der Waals surface area contributed by atoms with E-state index in [1.807, 2.05) is 0 Å². The fourth-order valence-corrected chi connectivity index (χ4v) is 2.23. The van der Waals surface area contributed by atoms with E-state index in [0.29, 0.717) is 0 Å². The van der Waals surface area contributed by atoms with Crippen LogP contribution in [0.2, 0.25) is 0 Å². The Morgan fingerprint density at radius 2 is 2.17 bits per heavy atom. The molecule has 0 radical (unpaired) electrons. The number of sulfonamides is 1. The van der Waals surface area contributed by atoms with E-state index in [-0.39, 0.29) is 35.4 Å². The van der Waals surface area contributed by atoms with Crippen LogP contribution < -0.4 is 14.6 Å². The third-order valence-electron chi connectivity index (χ3n) is 2.26. The lowest BCUT2D eigenvalue weighted by molar-refractivity contribution is 0.0525. The molecule has 0 atom stereocenters. The zero-order valence-corrected chi connectivity index (χ0v) is 10.3. The number of carbonyl (C=O) groups excluding carboxylic acids is 1. The van der Waals surface area contributed by atoms with Crippen LogP contribution >= 0.6 is 0 Å². The average Bonchev–Trinajstić information content (AvgIpc) is 2.74. The highest BCUT2D eigenvalue weighted by Gasteiger charge is 2.27. The van der Waals surface area contributed by atoms with E-state index in [4.69, 9.17) is 19.3 Å². The van der Waals surface area contributed by atoms with Crippen LogP contribution in [0.15, 0.2) is 17.0 Å². The summed E-state index contributed by atoms with van der Waals surface area (Å²) in [4.78, 5) is 11.3. The molecular formula is C10H11NO6S. The molecule has 2 N–H and O–H groups in total. The highest BCUT2D eigenvalue weighted by molar-refractivity contribution is 7.89. The van der Waals surface area contributed by atoms with Crippen molar-refractivity contribution >= 4 is 16.0 Å². The third-order valence-corrected chi connectivity index (χ3v) is 3.17. The lowest BCUT2D eigenvalue weighted by Gasteiger charge is -2.07. The summed E-state index contributed by atoms with van der Waals surface area (Å²) in [5.41, 5.74) is 0.0464. The molecule has 0 aromatic heterocycles. The quantitative estimate of drug-likeness (QED) is 0.791. The summed E-state index contributed by atoms with van der Waals surface area (Å²) < 4.78 is 37.7. The molecule has 0 fully saturated rings. The van der Waals surface area contributed by atoms with Gasteiger partial charge >= 0.3 is 5.97 Å². The van der Waals surface area contributed by atoms with E-state index in [1.165, 1.54) is 6.07 Å². The largest absolute Gasteiger partial charge is 0.462 e. The molecule has 0 saturated heterocycles. The molecule has 7 nitrogen and oxygen atoms in total. The number of hydrogen-bond donors (Lipinski definition) is 1. The maximum absolute atomic E-state index is 11.6. The molecule has 8 heteroatoms. The zero-order valence-electron chi connectivity index (χ0n) is 9.50. The number of benzene rings is 1. The van der Waals surface area contributed by atoms with Gasteiger partial charge in [0.05, 0.1) is 12.2 Å². The Morgan fingerprint density at radius 3 is 2.78 bits per heavy atom. The summed E-state index contributed by atoms with van der Waals surface area (Å²) in [5.74, 6) is -0.476. The standard InChI is InChI=1S/C10H11NO6S/c1-2-15-10(12)6-3-7-9(17-5-16-7)8(4-6)18(11,13)14/h3-4H,2,5H2,1H3,(H2,11,13,14). The van der Waals surface area contributed by atoms with Gasteiger partial charge in [-0.3, -0.25) is 0 Å². The number of nitrogens with two attached hydrogens (primary N) is 1. The summed E-state index contributed by atoms with van der Waals surface area (Å²) in [5, 5.41) is 5.06. The number of esters is 1. The van der Waals surface area contributed by atoms with Crippen LogP contribution in [0.25, 0.3) is 0 Å². The minimum atomic E-state index is -4.01. The van der Waals surface area contributed by atoms with E-state index >= 15 is 0 Å². The van der Waals surface area contributed by atoms with Gasteiger partial charge in [-0.2, -0.15) is 0 Å². The van der Waals surface area contributed by atoms with Crippen LogP contribution in [0.1, 0.15) is 17.3 Å². The van der Waals surface area contributed by atoms with E-state index in [2.05, 4.69) is 0 Å². The summed E-state index contributed by atoms with van der Waals surface area (Å²) in [6.07, 6.45) is 0. The van der Waals surface area contributed by atoms with Gasteiger partial charge in [0.1, 0.15) is 4.90 Å². The first-order valence-electron chi connectivity index (χ1n) is 5.07. The van der Waals surface area contributed by atoms with Crippen LogP contribution in [0.4, 0.5) is 0 Å². The summed E-state index contributed by atoms with van der Waals surface area (Å²) in [6, 6.07) is 2.47. The number of carbonyl (C=O) groups is 1. The Balaban J connectivity index is 2.56. The molecular weight excluding hydrogens is 262 g/mol. The summed E-state index contributed by atoms with van der Waals surface area (Å²) >= 11 is 0. The Bertz CT molecular complexity index is 595. The smallest absolute Gasteiger partial charge is 0.338 e. The number of fused-ring (bicyclic) bond motifs is 1. The third kappa shape index (κ3) is 2.24. The highest BCUT2D eigenvalue weighted by Crippen LogP contribution is 2.39. The van der Waals surface area contributed by atoms with Gasteiger partial charge in [0.15, 0.2) is 11.5 Å². The van der Waals surface area contributed by atoms with Crippen molar-refractivity contribution in [1.29, 1.82) is 0 Å². The van der Waals surface area contributed by atoms with Crippen molar-refractivity contribution in [3.05, 3.63) is 17.7 Å². The zero-order chi connectivity index (χ0) is 13.3. The number of ether oxygens (including phenoxy) is 3. The van der Waals surface area contributed by atoms with Crippen molar-refractivity contribution < 1.29 is 27.4 Å². The lowest BCUT2D eigenvalue weighted by Crippen LogP contribution is -2.14. The predicted molar refractivity (Wildman–Crippen MR) is 59.9 cm³/mol. The minimum absolute atomic E-state index is 0.0190. The fraction of sp³-hybridized carbons (Fsp3) is 0.300. The molecule has 1 aromatic rings. The van der Waals surface area contributed by atoms with Crippen molar-refractivity contribution in [3.8, 4) is 11.5 Å². The SMILES string of the molecule is CCOC(=O)c1cc2c(c(S(N)(=O)=O)c1)OCO2. The van der Waals surface area contributed by atoms with Gasteiger partial charge in [-0.15, -0.1) is 0 Å². The van der Waals surface area contributed by atoms with Crippen molar-refractivity contribution in [2.24, 2.45) is 5.14 Å². The molecule has 0 unspecified atom stereocenters. The van der Waals surface area contributed by atoms with E-state index < -0.39 is 16.0 Å². The lowest BCUT2D eigenvalue weighted by atomic mass is 10.2. The molecule has 98 valence electrons. The summed E-state index contributed by atoms with van der Waals surface area (Å²) in [7, 11) is -4.01. The molecule has 0 aliphatic carbocycles. The summed E-state index contributed by atoms with van der Waals surface area (Å²) in [6.45, 7) is 1.70. The van der Waals surface area contributed by atoms with Gasteiger partial charge in [0, 0.05) is 0 Å². The maximum Gasteiger partial charge on any atom is 0.338 e. The Labute approximate surface area is 103 Å². The highest BCUT2D eigenvalue weighted by atomic mass is 32.2. The molecule has 0 amide bonds. The van der Waals surface area contributed by atoms with Crippen LogP contribution in [0.5, 0.6) is 11.5 Å². The monoisotopic (exact) mass is 273 g/mol. The van der Waals surface area contributed by atoms with Crippen LogP contribution in [0, 0.1) is 0 Å². The Hall–Kier alpha value is -1.80. The molecule has 0 spiro atoms. The van der Waals surface area contributed by atoms with Gasteiger partial charge in [-0.1, -0.05) is 0 Å². The second-order valence-corrected chi connectivity index (χ2v) is 5.00. The van der Waals surface area contributed by atoms with Crippen molar-refractivity contribution in [2.75, 3.05) is 13.4 Å². The van der Waals surface area contributed by atoms with Gasteiger partial charge in [0.25, 0.3) is 0 Å². The minimum Gasteiger partial charge on any atom is -0.462 e. The fourth-order valence-electron chi connectivity index (χ4n) is 1.52. The molecule has 0 bridgehead atoms. The first-order valence-corrected chi connectivity index (χ1v) is 6.61. The second-order valence-electron chi connectivity index (χ2n) is 3.47. The Kier molecular flexibility index (Phi) is 3.14. The molecule has 1 heterocycles. The first-order chi connectivity index (χ1) is 8.43. The first kappa shape index (κ1) is 12.7. The van der Waals surface area contributed by atoms with Gasteiger partial charge in [-0.05, 0) is 19.1 Å². The Morgan fingerprint density at radius 1 is 1.44 bits per heavy atom. The second kappa shape index (κ2) is 4.46. The van der Waals surface area contributed by atoms with Gasteiger partial charge in [0.2, 0.25) is 16.8 Å². The van der Waals surface area contributed by atoms with Crippen molar-refractivity contribution in [1.82, 2.24) is 0 Å². The molecule has 1 aromatic carbocycles. The topological polar surface area (TPSA) is 105 Å².